The Morgan fingerprint density at radius 2 is 2.29 bits per heavy atom. The molecule has 0 atom stereocenters. The van der Waals surface area contributed by atoms with E-state index in [1.165, 1.54) is 0 Å². The van der Waals surface area contributed by atoms with Gasteiger partial charge in [0.25, 0.3) is 0 Å². The maximum atomic E-state index is 6.02. The molecule has 0 aliphatic rings. The molecule has 0 radical (unpaired) electrons. The molecule has 0 aliphatic heterocycles. The third-order valence-corrected chi connectivity index (χ3v) is 2.70. The van der Waals surface area contributed by atoms with Gasteiger partial charge in [-0.2, -0.15) is 5.10 Å². The van der Waals surface area contributed by atoms with Gasteiger partial charge in [-0.05, 0) is 14.1 Å². The lowest BCUT2D eigenvalue weighted by atomic mass is 10.3. The Hall–Kier alpha value is -0.0600. The molecular weight excluding hydrogens is 265 g/mol. The smallest absolute Gasteiger partial charge is 0.0818 e. The van der Waals surface area contributed by atoms with Crippen molar-refractivity contribution in [2.24, 2.45) is 0 Å². The molecular formula is C9H15BrClN3. The summed E-state index contributed by atoms with van der Waals surface area (Å²) in [5, 5.41) is 5.93. The monoisotopic (exact) mass is 279 g/mol. The third kappa shape index (κ3) is 3.26. The van der Waals surface area contributed by atoms with Crippen LogP contribution < -0.4 is 0 Å². The second kappa shape index (κ2) is 5.73. The van der Waals surface area contributed by atoms with E-state index in [1.807, 2.05) is 4.68 Å². The van der Waals surface area contributed by atoms with E-state index in [4.69, 9.17) is 11.6 Å². The van der Waals surface area contributed by atoms with Crippen molar-refractivity contribution in [3.8, 4) is 0 Å². The van der Waals surface area contributed by atoms with Crippen LogP contribution in [0.1, 0.15) is 5.69 Å². The summed E-state index contributed by atoms with van der Waals surface area (Å²) in [6, 6.07) is 0. The molecule has 0 aliphatic carbocycles. The Kier molecular flexibility index (Phi) is 4.92. The lowest BCUT2D eigenvalue weighted by molar-refractivity contribution is 0.370. The van der Waals surface area contributed by atoms with Gasteiger partial charge in [0, 0.05) is 18.3 Å². The first-order valence-electron chi connectivity index (χ1n) is 4.56. The van der Waals surface area contributed by atoms with Crippen LogP contribution in [-0.2, 0) is 13.0 Å². The van der Waals surface area contributed by atoms with E-state index in [0.717, 1.165) is 35.6 Å². The fourth-order valence-electron chi connectivity index (χ4n) is 1.21. The van der Waals surface area contributed by atoms with Gasteiger partial charge in [0.2, 0.25) is 0 Å². The Bertz CT molecular complexity index is 286. The van der Waals surface area contributed by atoms with Crippen LogP contribution in [0.2, 0.25) is 5.02 Å². The Morgan fingerprint density at radius 3 is 2.86 bits per heavy atom. The quantitative estimate of drug-likeness (QED) is 0.770. The summed E-state index contributed by atoms with van der Waals surface area (Å²) in [6.45, 7) is 1.87. The molecule has 0 fully saturated rings. The van der Waals surface area contributed by atoms with Crippen molar-refractivity contribution in [2.75, 3.05) is 26.0 Å². The van der Waals surface area contributed by atoms with E-state index in [-0.39, 0.29) is 0 Å². The van der Waals surface area contributed by atoms with Crippen molar-refractivity contribution >= 4 is 27.5 Å². The normalized spacial score (nSPS) is 11.2. The molecule has 1 rings (SSSR count). The van der Waals surface area contributed by atoms with E-state index in [0.29, 0.717) is 0 Å². The van der Waals surface area contributed by atoms with Gasteiger partial charge in [-0.15, -0.1) is 0 Å². The van der Waals surface area contributed by atoms with Gasteiger partial charge in [0.05, 0.1) is 23.5 Å². The Labute approximate surface area is 98.2 Å². The zero-order chi connectivity index (χ0) is 10.6. The van der Waals surface area contributed by atoms with E-state index in [1.54, 1.807) is 6.20 Å². The first-order chi connectivity index (χ1) is 6.65. The number of hydrogen-bond acceptors (Lipinski definition) is 2. The van der Waals surface area contributed by atoms with Crippen molar-refractivity contribution in [1.82, 2.24) is 14.7 Å². The van der Waals surface area contributed by atoms with Crippen LogP contribution in [0.3, 0.4) is 0 Å². The van der Waals surface area contributed by atoms with Crippen molar-refractivity contribution in [3.63, 3.8) is 0 Å². The van der Waals surface area contributed by atoms with Crippen LogP contribution in [-0.4, -0.2) is 40.7 Å². The van der Waals surface area contributed by atoms with Gasteiger partial charge in [0.1, 0.15) is 0 Å². The summed E-state index contributed by atoms with van der Waals surface area (Å²) in [4.78, 5) is 2.13. The highest BCUT2D eigenvalue weighted by Gasteiger charge is 2.07. The molecule has 0 amide bonds. The molecule has 5 heteroatoms. The number of halogens is 2. The van der Waals surface area contributed by atoms with E-state index in [9.17, 15) is 0 Å². The van der Waals surface area contributed by atoms with Crippen LogP contribution in [0.4, 0.5) is 0 Å². The minimum Gasteiger partial charge on any atom is -0.308 e. The predicted molar refractivity (Wildman–Crippen MR) is 63.3 cm³/mol. The summed E-state index contributed by atoms with van der Waals surface area (Å²) >= 11 is 9.43. The van der Waals surface area contributed by atoms with Crippen molar-refractivity contribution in [1.29, 1.82) is 0 Å². The average molecular weight is 281 g/mol. The maximum absolute atomic E-state index is 6.02. The van der Waals surface area contributed by atoms with E-state index < -0.39 is 0 Å². The second-order valence-corrected chi connectivity index (χ2v) is 4.60. The van der Waals surface area contributed by atoms with Gasteiger partial charge < -0.3 is 4.90 Å². The van der Waals surface area contributed by atoms with Crippen LogP contribution >= 0.6 is 27.5 Å². The lowest BCUT2D eigenvalue weighted by Gasteiger charge is -2.11. The molecule has 0 saturated heterocycles. The minimum atomic E-state index is 0.767. The summed E-state index contributed by atoms with van der Waals surface area (Å²) in [5.41, 5.74) is 1.12. The molecule has 0 aromatic carbocycles. The molecule has 0 N–H and O–H groups in total. The number of hydrogen-bond donors (Lipinski definition) is 0. The Balaban J connectivity index is 2.65. The number of rotatable bonds is 5. The summed E-state index contributed by atoms with van der Waals surface area (Å²) in [7, 11) is 4.10. The maximum Gasteiger partial charge on any atom is 0.0818 e. The standard InChI is InChI=1S/C9H15BrClN3/c1-13(2)5-6-14-9(3-4-10)8(11)7-12-14/h7H,3-6H2,1-2H3. The van der Waals surface area contributed by atoms with Gasteiger partial charge in [-0.25, -0.2) is 0 Å². The molecule has 1 aromatic heterocycles. The molecule has 0 bridgehead atoms. The Morgan fingerprint density at radius 1 is 1.57 bits per heavy atom. The summed E-state index contributed by atoms with van der Waals surface area (Å²) < 4.78 is 1.98. The molecule has 80 valence electrons. The first-order valence-corrected chi connectivity index (χ1v) is 6.06. The molecule has 3 nitrogen and oxygen atoms in total. The highest BCUT2D eigenvalue weighted by atomic mass is 79.9. The average Bonchev–Trinajstić information content (AvgIpc) is 2.46. The number of alkyl halides is 1. The summed E-state index contributed by atoms with van der Waals surface area (Å²) in [6.07, 6.45) is 2.64. The fourth-order valence-corrected chi connectivity index (χ4v) is 1.82. The van der Waals surface area contributed by atoms with Crippen molar-refractivity contribution < 1.29 is 0 Å². The molecule has 0 saturated carbocycles. The predicted octanol–water partition coefficient (Wildman–Crippen LogP) is 2.04. The van der Waals surface area contributed by atoms with Crippen LogP contribution in [0.25, 0.3) is 0 Å². The highest BCUT2D eigenvalue weighted by Crippen LogP contribution is 2.16. The van der Waals surface area contributed by atoms with Gasteiger partial charge in [-0.3, -0.25) is 4.68 Å². The fraction of sp³-hybridized carbons (Fsp3) is 0.667. The van der Waals surface area contributed by atoms with E-state index in [2.05, 4.69) is 40.0 Å². The first kappa shape index (κ1) is 12.0. The van der Waals surface area contributed by atoms with Crippen LogP contribution in [0, 0.1) is 0 Å². The lowest BCUT2D eigenvalue weighted by Crippen LogP contribution is -2.20. The topological polar surface area (TPSA) is 21.1 Å². The zero-order valence-electron chi connectivity index (χ0n) is 8.50. The SMILES string of the molecule is CN(C)CCn1ncc(Cl)c1CCBr. The second-order valence-electron chi connectivity index (χ2n) is 3.40. The summed E-state index contributed by atoms with van der Waals surface area (Å²) in [5.74, 6) is 0. The highest BCUT2D eigenvalue weighted by molar-refractivity contribution is 9.09. The number of aromatic nitrogens is 2. The van der Waals surface area contributed by atoms with Gasteiger partial charge >= 0.3 is 0 Å². The molecule has 1 aromatic rings. The van der Waals surface area contributed by atoms with Crippen molar-refractivity contribution in [3.05, 3.63) is 16.9 Å². The largest absolute Gasteiger partial charge is 0.308 e. The van der Waals surface area contributed by atoms with Crippen LogP contribution in [0.5, 0.6) is 0 Å². The van der Waals surface area contributed by atoms with Gasteiger partial charge in [-0.1, -0.05) is 27.5 Å². The van der Waals surface area contributed by atoms with Crippen LogP contribution in [0.15, 0.2) is 6.20 Å². The van der Waals surface area contributed by atoms with E-state index >= 15 is 0 Å². The third-order valence-electron chi connectivity index (χ3n) is 1.99. The zero-order valence-corrected chi connectivity index (χ0v) is 10.8. The molecule has 0 spiro atoms. The number of nitrogens with zero attached hydrogens (tertiary/aromatic N) is 3. The van der Waals surface area contributed by atoms with Crippen molar-refractivity contribution in [2.45, 2.75) is 13.0 Å². The molecule has 14 heavy (non-hydrogen) atoms. The minimum absolute atomic E-state index is 0.767. The molecule has 0 unspecified atom stereocenters. The van der Waals surface area contributed by atoms with Gasteiger partial charge in [0.15, 0.2) is 0 Å². The molecule has 1 heterocycles. The number of likely N-dealkylation sites (N-methyl/N-ethyl adjacent to an activating group) is 1.